The Bertz CT molecular complexity index is 995. The van der Waals surface area contributed by atoms with Crippen molar-refractivity contribution in [1.29, 1.82) is 0 Å². The van der Waals surface area contributed by atoms with E-state index in [1.165, 1.54) is 0 Å². The average Bonchev–Trinajstić information content (AvgIpc) is 3.00. The molecule has 6 nitrogen and oxygen atoms in total. The number of ether oxygens (including phenoxy) is 1. The van der Waals surface area contributed by atoms with Crippen LogP contribution in [0.2, 0.25) is 0 Å². The molecule has 0 unspecified atom stereocenters. The third-order valence-corrected chi connectivity index (χ3v) is 4.35. The van der Waals surface area contributed by atoms with Crippen LogP contribution in [0.5, 0.6) is 5.75 Å². The van der Waals surface area contributed by atoms with Gasteiger partial charge in [0.2, 0.25) is 0 Å². The lowest BCUT2D eigenvalue weighted by Crippen LogP contribution is -2.12. The fraction of sp³-hybridized carbons (Fsp3) is 0.190. The van der Waals surface area contributed by atoms with Gasteiger partial charge in [-0.25, -0.2) is 4.85 Å². The molecule has 0 radical (unpaired) electrons. The number of carbonyl (C=O) groups is 1. The number of amides is 1. The summed E-state index contributed by atoms with van der Waals surface area (Å²) in [5.41, 5.74) is 4.14. The third kappa shape index (κ3) is 3.98. The maximum Gasteiger partial charge on any atom is 0.255 e. The Morgan fingerprint density at radius 2 is 1.93 bits per heavy atom. The number of nitrogens with zero attached hydrogens (tertiary/aromatic N) is 2. The fourth-order valence-corrected chi connectivity index (χ4v) is 2.64. The molecule has 1 aromatic heterocycles. The summed E-state index contributed by atoms with van der Waals surface area (Å²) in [6.07, 6.45) is 0. The number of hydrogen-bond acceptors (Lipinski definition) is 4. The van der Waals surface area contributed by atoms with Crippen LogP contribution in [0.15, 0.2) is 47.0 Å². The first-order valence-electron chi connectivity index (χ1n) is 8.42. The highest BCUT2D eigenvalue weighted by Crippen LogP contribution is 2.26. The van der Waals surface area contributed by atoms with Crippen molar-refractivity contribution in [2.24, 2.45) is 0 Å². The summed E-state index contributed by atoms with van der Waals surface area (Å²) in [7, 11) is 0. The second-order valence-corrected chi connectivity index (χ2v) is 6.13. The minimum absolute atomic E-state index is 0.238. The summed E-state index contributed by atoms with van der Waals surface area (Å²) in [5, 5.41) is 6.74. The summed E-state index contributed by atoms with van der Waals surface area (Å²) in [6, 6.07) is 12.1. The highest BCUT2D eigenvalue weighted by atomic mass is 16.5. The third-order valence-electron chi connectivity index (χ3n) is 4.35. The molecule has 0 aliphatic carbocycles. The smallest absolute Gasteiger partial charge is 0.255 e. The van der Waals surface area contributed by atoms with Gasteiger partial charge in [-0.1, -0.05) is 17.3 Å². The molecule has 27 heavy (non-hydrogen) atoms. The second-order valence-electron chi connectivity index (χ2n) is 6.13. The Morgan fingerprint density at radius 1 is 1.19 bits per heavy atom. The van der Waals surface area contributed by atoms with E-state index in [1.807, 2.05) is 20.8 Å². The normalized spacial score (nSPS) is 10.3. The molecular weight excluding hydrogens is 342 g/mol. The first-order valence-corrected chi connectivity index (χ1v) is 8.42. The Labute approximate surface area is 157 Å². The lowest BCUT2D eigenvalue weighted by molar-refractivity contribution is 0.102. The zero-order valence-corrected chi connectivity index (χ0v) is 15.4. The molecule has 6 heteroatoms. The average molecular weight is 361 g/mol. The Balaban J connectivity index is 1.66. The van der Waals surface area contributed by atoms with E-state index in [9.17, 15) is 4.79 Å². The van der Waals surface area contributed by atoms with E-state index in [0.717, 1.165) is 22.6 Å². The molecule has 3 aromatic rings. The van der Waals surface area contributed by atoms with Crippen LogP contribution in [0.3, 0.4) is 0 Å². The quantitative estimate of drug-likeness (QED) is 0.651. The Morgan fingerprint density at radius 3 is 2.56 bits per heavy atom. The molecule has 3 rings (SSSR count). The summed E-state index contributed by atoms with van der Waals surface area (Å²) in [4.78, 5) is 15.9. The molecule has 0 saturated carbocycles. The molecule has 1 N–H and O–H groups in total. The molecule has 0 atom stereocenters. The van der Waals surface area contributed by atoms with Crippen LogP contribution in [0.4, 0.5) is 11.4 Å². The number of nitrogens with one attached hydrogen (secondary N) is 1. The monoisotopic (exact) mass is 361 g/mol. The largest absolute Gasteiger partial charge is 0.489 e. The standard InChI is InChI=1S/C21H19N3O3/c1-13-19(22-4)6-5-7-20(13)23-21(25)16-8-10-17(11-9-16)26-12-18-14(2)24-27-15(18)3/h5-11H,12H2,1-3H3,(H,23,25). The molecule has 0 saturated heterocycles. The second kappa shape index (κ2) is 7.75. The van der Waals surface area contributed by atoms with Gasteiger partial charge in [-0.3, -0.25) is 4.79 Å². The van der Waals surface area contributed by atoms with Crippen molar-refractivity contribution in [1.82, 2.24) is 5.16 Å². The summed E-state index contributed by atoms with van der Waals surface area (Å²) >= 11 is 0. The fourth-order valence-electron chi connectivity index (χ4n) is 2.64. The van der Waals surface area contributed by atoms with Crippen molar-refractivity contribution < 1.29 is 14.1 Å². The maximum atomic E-state index is 12.5. The minimum Gasteiger partial charge on any atom is -0.489 e. The van der Waals surface area contributed by atoms with Crippen molar-refractivity contribution in [3.05, 3.63) is 82.0 Å². The molecule has 0 aliphatic heterocycles. The van der Waals surface area contributed by atoms with Gasteiger partial charge in [-0.15, -0.1) is 0 Å². The number of rotatable bonds is 5. The van der Waals surface area contributed by atoms with Crippen LogP contribution < -0.4 is 10.1 Å². The van der Waals surface area contributed by atoms with E-state index in [1.54, 1.807) is 42.5 Å². The van der Waals surface area contributed by atoms with Gasteiger partial charge in [0.25, 0.3) is 5.91 Å². The molecule has 0 aliphatic rings. The van der Waals surface area contributed by atoms with Crippen molar-refractivity contribution in [3.63, 3.8) is 0 Å². The Hall–Kier alpha value is -3.59. The molecule has 136 valence electrons. The van der Waals surface area contributed by atoms with Crippen LogP contribution >= 0.6 is 0 Å². The van der Waals surface area contributed by atoms with Crippen LogP contribution in [-0.4, -0.2) is 11.1 Å². The molecule has 0 bridgehead atoms. The highest BCUT2D eigenvalue weighted by Gasteiger charge is 2.11. The van der Waals surface area contributed by atoms with Crippen molar-refractivity contribution in [2.75, 3.05) is 5.32 Å². The van der Waals surface area contributed by atoms with Crippen molar-refractivity contribution in [2.45, 2.75) is 27.4 Å². The lowest BCUT2D eigenvalue weighted by Gasteiger charge is -2.10. The van der Waals surface area contributed by atoms with Crippen LogP contribution in [0, 0.1) is 27.3 Å². The van der Waals surface area contributed by atoms with E-state index in [4.69, 9.17) is 15.8 Å². The number of hydrogen-bond donors (Lipinski definition) is 1. The van der Waals surface area contributed by atoms with Gasteiger partial charge in [0.1, 0.15) is 18.1 Å². The van der Waals surface area contributed by atoms with Gasteiger partial charge in [0.05, 0.1) is 17.8 Å². The first kappa shape index (κ1) is 18.2. The van der Waals surface area contributed by atoms with Crippen molar-refractivity contribution in [3.8, 4) is 5.75 Å². The zero-order valence-electron chi connectivity index (χ0n) is 15.4. The molecule has 1 heterocycles. The summed E-state index contributed by atoms with van der Waals surface area (Å²) in [6.45, 7) is 13.0. The van der Waals surface area contributed by atoms with Crippen LogP contribution in [0.1, 0.15) is 32.9 Å². The molecule has 2 aromatic carbocycles. The van der Waals surface area contributed by atoms with Gasteiger partial charge < -0.3 is 14.6 Å². The van der Waals surface area contributed by atoms with Gasteiger partial charge in [-0.05, 0) is 56.7 Å². The van der Waals surface area contributed by atoms with E-state index >= 15 is 0 Å². The zero-order chi connectivity index (χ0) is 19.4. The predicted octanol–water partition coefficient (Wildman–Crippen LogP) is 4.98. The van der Waals surface area contributed by atoms with Crippen LogP contribution in [0.25, 0.3) is 4.85 Å². The van der Waals surface area contributed by atoms with Gasteiger partial charge >= 0.3 is 0 Å². The first-order chi connectivity index (χ1) is 13.0. The SMILES string of the molecule is [C-]#[N+]c1cccc(NC(=O)c2ccc(OCc3c(C)noc3C)cc2)c1C. The lowest BCUT2D eigenvalue weighted by atomic mass is 10.1. The molecule has 1 amide bonds. The number of aromatic nitrogens is 1. The van der Waals surface area contributed by atoms with Crippen molar-refractivity contribution >= 4 is 17.3 Å². The van der Waals surface area contributed by atoms with Crippen LogP contribution in [-0.2, 0) is 6.61 Å². The summed E-state index contributed by atoms with van der Waals surface area (Å²) in [5.74, 6) is 1.15. The number of aryl methyl sites for hydroxylation is 2. The summed E-state index contributed by atoms with van der Waals surface area (Å²) < 4.78 is 10.9. The predicted molar refractivity (Wildman–Crippen MR) is 102 cm³/mol. The van der Waals surface area contributed by atoms with E-state index < -0.39 is 0 Å². The Kier molecular flexibility index (Phi) is 5.23. The van der Waals surface area contributed by atoms with E-state index in [2.05, 4.69) is 15.3 Å². The van der Waals surface area contributed by atoms with E-state index in [0.29, 0.717) is 29.3 Å². The molecular formula is C21H19N3O3. The number of carbonyl (C=O) groups excluding carboxylic acids is 1. The number of anilines is 1. The highest BCUT2D eigenvalue weighted by molar-refractivity contribution is 6.05. The van der Waals surface area contributed by atoms with Gasteiger partial charge in [0, 0.05) is 11.3 Å². The molecule has 0 spiro atoms. The van der Waals surface area contributed by atoms with E-state index in [-0.39, 0.29) is 5.91 Å². The minimum atomic E-state index is -0.238. The maximum absolute atomic E-state index is 12.5. The van der Waals surface area contributed by atoms with Gasteiger partial charge in [-0.2, -0.15) is 0 Å². The molecule has 0 fully saturated rings. The van der Waals surface area contributed by atoms with Gasteiger partial charge in [0.15, 0.2) is 5.69 Å². The topological polar surface area (TPSA) is 68.7 Å². The number of benzene rings is 2.